The lowest BCUT2D eigenvalue weighted by Gasteiger charge is -2.21. The van der Waals surface area contributed by atoms with Gasteiger partial charge in [-0.3, -0.25) is 9.59 Å². The molecule has 0 aliphatic heterocycles. The second kappa shape index (κ2) is 12.1. The molecule has 0 unspecified atom stereocenters. The molecule has 4 rings (SSSR count). The average molecular weight is 556 g/mol. The third-order valence-corrected chi connectivity index (χ3v) is 7.09. The van der Waals surface area contributed by atoms with Crippen LogP contribution in [0.1, 0.15) is 11.1 Å². The third kappa shape index (κ3) is 6.60. The summed E-state index contributed by atoms with van der Waals surface area (Å²) in [5.74, 6) is 0.585. The fourth-order valence-corrected chi connectivity index (χ4v) is 4.76. The first-order valence-corrected chi connectivity index (χ1v) is 12.8. The molecule has 0 radical (unpaired) electrons. The fourth-order valence-electron chi connectivity index (χ4n) is 3.45. The van der Waals surface area contributed by atoms with E-state index in [1.807, 2.05) is 36.4 Å². The van der Waals surface area contributed by atoms with Crippen LogP contribution in [-0.4, -0.2) is 37.5 Å². The fraction of sp³-hybridized carbons (Fsp3) is 0.148. The molecule has 1 heterocycles. The van der Waals surface area contributed by atoms with Crippen molar-refractivity contribution in [1.82, 2.24) is 10.3 Å². The van der Waals surface area contributed by atoms with Crippen LogP contribution in [0.5, 0.6) is 11.5 Å². The van der Waals surface area contributed by atoms with Gasteiger partial charge in [0.1, 0.15) is 18.1 Å². The number of amides is 2. The number of likely N-dealkylation sites (N-methyl/N-ethyl adjacent to an activating group) is 1. The Morgan fingerprint density at radius 3 is 2.76 bits per heavy atom. The Morgan fingerprint density at radius 2 is 1.95 bits per heavy atom. The molecule has 0 atom stereocenters. The van der Waals surface area contributed by atoms with E-state index in [1.54, 1.807) is 43.9 Å². The van der Waals surface area contributed by atoms with Crippen molar-refractivity contribution in [2.75, 3.05) is 25.6 Å². The molecule has 0 saturated carbocycles. The molecule has 3 aromatic carbocycles. The number of nitrogens with one attached hydrogen (secondary N) is 1. The van der Waals surface area contributed by atoms with Gasteiger partial charge >= 0.3 is 0 Å². The molecule has 1 aromatic heterocycles. The van der Waals surface area contributed by atoms with Crippen molar-refractivity contribution in [3.8, 4) is 11.5 Å². The highest BCUT2D eigenvalue weighted by Crippen LogP contribution is 2.35. The van der Waals surface area contributed by atoms with Crippen molar-refractivity contribution in [2.24, 2.45) is 0 Å². The number of carbonyl (C=O) groups excluding carboxylic acids is 2. The molecule has 10 heteroatoms. The normalized spacial score (nSPS) is 11.0. The number of fused-ring (bicyclic) bond motifs is 1. The van der Waals surface area contributed by atoms with Gasteiger partial charge in [-0.1, -0.05) is 35.3 Å². The van der Waals surface area contributed by atoms with Crippen molar-refractivity contribution in [3.63, 3.8) is 0 Å². The maximum atomic E-state index is 12.8. The standard InChI is InChI=1S/C27H23Cl2N3O4S/c1-32(26(34)14-30-25(33)11-6-17-4-3-5-18(12-17)35-2)23-10-8-21(28)20(27(23)29)15-36-19-7-9-22-24(13-19)37-16-31-22/h3-13,16H,14-15H2,1-2H3,(H,30,33)/b11-6+. The number of halogens is 2. The molecular weight excluding hydrogens is 533 g/mol. The number of nitrogens with zero attached hydrogens (tertiary/aromatic N) is 2. The largest absolute Gasteiger partial charge is 0.497 e. The number of carbonyl (C=O) groups is 2. The molecule has 2 amide bonds. The summed E-state index contributed by atoms with van der Waals surface area (Å²) >= 11 is 14.5. The zero-order valence-electron chi connectivity index (χ0n) is 20.0. The van der Waals surface area contributed by atoms with Crippen LogP contribution in [0.15, 0.2) is 66.2 Å². The van der Waals surface area contributed by atoms with E-state index in [0.29, 0.717) is 32.8 Å². The predicted molar refractivity (Wildman–Crippen MR) is 149 cm³/mol. The van der Waals surface area contributed by atoms with Gasteiger partial charge in [0.2, 0.25) is 11.8 Å². The Bertz CT molecular complexity index is 1470. The van der Waals surface area contributed by atoms with Gasteiger partial charge in [-0.25, -0.2) is 4.98 Å². The van der Waals surface area contributed by atoms with E-state index >= 15 is 0 Å². The summed E-state index contributed by atoms with van der Waals surface area (Å²) < 4.78 is 12.1. The number of hydrogen-bond donors (Lipinski definition) is 1. The van der Waals surface area contributed by atoms with E-state index in [4.69, 9.17) is 32.7 Å². The number of thiazole rings is 1. The minimum atomic E-state index is -0.404. The van der Waals surface area contributed by atoms with Gasteiger partial charge < -0.3 is 19.7 Å². The highest BCUT2D eigenvalue weighted by atomic mass is 35.5. The number of anilines is 1. The summed E-state index contributed by atoms with van der Waals surface area (Å²) in [4.78, 5) is 30.6. The first kappa shape index (κ1) is 26.5. The molecule has 7 nitrogen and oxygen atoms in total. The van der Waals surface area contributed by atoms with Crippen molar-refractivity contribution in [2.45, 2.75) is 6.61 Å². The number of benzene rings is 3. The Labute approximate surface area is 228 Å². The average Bonchev–Trinajstić information content (AvgIpc) is 3.38. The minimum absolute atomic E-state index is 0.115. The lowest BCUT2D eigenvalue weighted by atomic mass is 10.2. The van der Waals surface area contributed by atoms with Crippen molar-refractivity contribution >= 4 is 68.3 Å². The summed E-state index contributed by atoms with van der Waals surface area (Å²) in [6.45, 7) is -0.0961. The van der Waals surface area contributed by atoms with Crippen molar-refractivity contribution in [3.05, 3.63) is 87.4 Å². The van der Waals surface area contributed by atoms with E-state index in [1.165, 1.54) is 22.3 Å². The van der Waals surface area contributed by atoms with Gasteiger partial charge in [0.25, 0.3) is 0 Å². The first-order valence-electron chi connectivity index (χ1n) is 11.1. The number of hydrogen-bond acceptors (Lipinski definition) is 6. The van der Waals surface area contributed by atoms with Gasteiger partial charge in [-0.2, -0.15) is 0 Å². The Hall–Kier alpha value is -3.59. The molecule has 0 fully saturated rings. The SMILES string of the molecule is COc1cccc(/C=C/C(=O)NCC(=O)N(C)c2ccc(Cl)c(COc3ccc4ncsc4c3)c2Cl)c1. The van der Waals surface area contributed by atoms with Crippen LogP contribution in [0, 0.1) is 0 Å². The van der Waals surface area contributed by atoms with Crippen LogP contribution in [-0.2, 0) is 16.2 Å². The number of ether oxygens (including phenoxy) is 2. The van der Waals surface area contributed by atoms with Crippen LogP contribution < -0.4 is 19.7 Å². The molecule has 190 valence electrons. The van der Waals surface area contributed by atoms with Crippen molar-refractivity contribution < 1.29 is 19.1 Å². The van der Waals surface area contributed by atoms with E-state index in [2.05, 4.69) is 10.3 Å². The summed E-state index contributed by atoms with van der Waals surface area (Å²) in [5.41, 5.74) is 4.48. The molecule has 0 spiro atoms. The lowest BCUT2D eigenvalue weighted by molar-refractivity contribution is -0.122. The summed E-state index contributed by atoms with van der Waals surface area (Å²) in [6, 6.07) is 16.2. The Balaban J connectivity index is 1.37. The highest BCUT2D eigenvalue weighted by molar-refractivity contribution is 7.16. The molecule has 0 aliphatic carbocycles. The van der Waals surface area contributed by atoms with Gasteiger partial charge in [0.15, 0.2) is 0 Å². The van der Waals surface area contributed by atoms with Crippen molar-refractivity contribution in [1.29, 1.82) is 0 Å². The van der Waals surface area contributed by atoms with Crippen LogP contribution in [0.25, 0.3) is 16.3 Å². The highest BCUT2D eigenvalue weighted by Gasteiger charge is 2.19. The van der Waals surface area contributed by atoms with E-state index in [-0.39, 0.29) is 19.1 Å². The molecule has 0 bridgehead atoms. The van der Waals surface area contributed by atoms with Crippen LogP contribution in [0.3, 0.4) is 0 Å². The predicted octanol–water partition coefficient (Wildman–Crippen LogP) is 5.98. The Morgan fingerprint density at radius 1 is 1.11 bits per heavy atom. The summed E-state index contributed by atoms with van der Waals surface area (Å²) in [7, 11) is 3.15. The molecule has 0 aliphatic rings. The third-order valence-electron chi connectivity index (χ3n) is 5.52. The van der Waals surface area contributed by atoms with Gasteiger partial charge in [-0.15, -0.1) is 11.3 Å². The van der Waals surface area contributed by atoms with E-state index in [0.717, 1.165) is 15.8 Å². The van der Waals surface area contributed by atoms with Gasteiger partial charge in [0, 0.05) is 23.7 Å². The molecule has 4 aromatic rings. The quantitative estimate of drug-likeness (QED) is 0.257. The molecule has 37 heavy (non-hydrogen) atoms. The molecule has 1 N–H and O–H groups in total. The second-order valence-electron chi connectivity index (χ2n) is 7.91. The minimum Gasteiger partial charge on any atom is -0.497 e. The van der Waals surface area contributed by atoms with Crippen LogP contribution >= 0.6 is 34.5 Å². The van der Waals surface area contributed by atoms with E-state index < -0.39 is 5.91 Å². The molecular formula is C27H23Cl2N3O4S. The zero-order chi connectivity index (χ0) is 26.4. The maximum Gasteiger partial charge on any atom is 0.246 e. The molecule has 0 saturated heterocycles. The Kier molecular flexibility index (Phi) is 8.66. The van der Waals surface area contributed by atoms with Crippen LogP contribution in [0.2, 0.25) is 10.0 Å². The topological polar surface area (TPSA) is 80.8 Å². The second-order valence-corrected chi connectivity index (χ2v) is 9.58. The number of aromatic nitrogens is 1. The first-order chi connectivity index (χ1) is 17.9. The monoisotopic (exact) mass is 555 g/mol. The zero-order valence-corrected chi connectivity index (χ0v) is 22.4. The maximum absolute atomic E-state index is 12.8. The number of rotatable bonds is 9. The van der Waals surface area contributed by atoms with Gasteiger partial charge in [-0.05, 0) is 54.1 Å². The lowest BCUT2D eigenvalue weighted by Crippen LogP contribution is -2.37. The smallest absolute Gasteiger partial charge is 0.246 e. The number of methoxy groups -OCH3 is 1. The summed E-state index contributed by atoms with van der Waals surface area (Å²) in [6.07, 6.45) is 3.00. The van der Waals surface area contributed by atoms with Gasteiger partial charge in [0.05, 0.1) is 40.1 Å². The van der Waals surface area contributed by atoms with Crippen LogP contribution in [0.4, 0.5) is 5.69 Å². The summed E-state index contributed by atoms with van der Waals surface area (Å²) in [5, 5.41) is 3.31. The van der Waals surface area contributed by atoms with E-state index in [9.17, 15) is 9.59 Å².